The van der Waals surface area contributed by atoms with E-state index in [1.807, 2.05) is 112 Å². The maximum Gasteiger partial charge on any atom is 0.326 e. The largest absolute Gasteiger partial charge is 0.459 e. The zero-order valence-electron chi connectivity index (χ0n) is 15.5. The molecule has 0 aliphatic carbocycles. The van der Waals surface area contributed by atoms with Gasteiger partial charge in [-0.1, -0.05) is 91.0 Å². The minimum absolute atomic E-state index is 0.270. The molecule has 132 valence electrons. The van der Waals surface area contributed by atoms with Gasteiger partial charge < -0.3 is 4.74 Å². The normalized spacial score (nSPS) is 11.8. The first-order valence-electron chi connectivity index (χ1n) is 8.84. The standard InChI is InChI=1S/C24H24O2/c1-23(2,3)26-22(25)24(19-13-7-4-8-14-19,20-15-9-5-10-16-20)21-17-11-6-12-18-21/h4-18H,1-3H3. The first-order chi connectivity index (χ1) is 12.4. The Hall–Kier alpha value is -2.87. The maximum absolute atomic E-state index is 13.7. The first kappa shape index (κ1) is 17.9. The second-order valence-electron chi connectivity index (χ2n) is 7.35. The molecule has 0 spiro atoms. The van der Waals surface area contributed by atoms with Crippen LogP contribution in [0.2, 0.25) is 0 Å². The highest BCUT2D eigenvalue weighted by molar-refractivity contribution is 5.92. The van der Waals surface area contributed by atoms with Crippen molar-refractivity contribution in [1.82, 2.24) is 0 Å². The lowest BCUT2D eigenvalue weighted by Gasteiger charge is -2.36. The fourth-order valence-electron chi connectivity index (χ4n) is 3.27. The van der Waals surface area contributed by atoms with Gasteiger partial charge in [0.05, 0.1) is 0 Å². The molecule has 0 fully saturated rings. The highest BCUT2D eigenvalue weighted by Gasteiger charge is 2.46. The zero-order chi connectivity index (χ0) is 18.6. The molecule has 2 nitrogen and oxygen atoms in total. The summed E-state index contributed by atoms with van der Waals surface area (Å²) in [6.07, 6.45) is 0. The highest BCUT2D eigenvalue weighted by Crippen LogP contribution is 2.41. The van der Waals surface area contributed by atoms with Gasteiger partial charge in [0.2, 0.25) is 0 Å². The zero-order valence-corrected chi connectivity index (χ0v) is 15.5. The number of ether oxygens (including phenoxy) is 1. The second kappa shape index (κ2) is 7.17. The van der Waals surface area contributed by atoms with Crippen LogP contribution in [-0.4, -0.2) is 11.6 Å². The summed E-state index contributed by atoms with van der Waals surface area (Å²) in [5.41, 5.74) is 1.09. The van der Waals surface area contributed by atoms with Crippen molar-refractivity contribution in [3.05, 3.63) is 108 Å². The van der Waals surface area contributed by atoms with Gasteiger partial charge in [0.1, 0.15) is 11.0 Å². The monoisotopic (exact) mass is 344 g/mol. The van der Waals surface area contributed by atoms with Gasteiger partial charge in [-0.2, -0.15) is 0 Å². The Morgan fingerprint density at radius 2 is 0.923 bits per heavy atom. The molecule has 0 saturated carbocycles. The van der Waals surface area contributed by atoms with Gasteiger partial charge in [0.15, 0.2) is 0 Å². The van der Waals surface area contributed by atoms with E-state index < -0.39 is 11.0 Å². The molecule has 0 radical (unpaired) electrons. The topological polar surface area (TPSA) is 26.3 Å². The number of carbonyl (C=O) groups is 1. The molecule has 3 rings (SSSR count). The molecule has 3 aromatic rings. The van der Waals surface area contributed by atoms with Crippen LogP contribution in [0.4, 0.5) is 0 Å². The molecule has 0 N–H and O–H groups in total. The van der Waals surface area contributed by atoms with Crippen molar-refractivity contribution >= 4 is 5.97 Å². The lowest BCUT2D eigenvalue weighted by Crippen LogP contribution is -2.43. The van der Waals surface area contributed by atoms with Crippen LogP contribution in [0, 0.1) is 0 Å². The van der Waals surface area contributed by atoms with Crippen LogP contribution < -0.4 is 0 Å². The Morgan fingerprint density at radius 3 is 1.19 bits per heavy atom. The van der Waals surface area contributed by atoms with Gasteiger partial charge in [-0.3, -0.25) is 4.79 Å². The summed E-state index contributed by atoms with van der Waals surface area (Å²) in [5, 5.41) is 0. The van der Waals surface area contributed by atoms with Gasteiger partial charge in [0.25, 0.3) is 0 Å². The van der Waals surface area contributed by atoms with Crippen LogP contribution in [0.3, 0.4) is 0 Å². The summed E-state index contributed by atoms with van der Waals surface area (Å²) in [5.74, 6) is -0.270. The van der Waals surface area contributed by atoms with E-state index >= 15 is 0 Å². The van der Waals surface area contributed by atoms with Crippen LogP contribution in [-0.2, 0) is 14.9 Å². The molecule has 0 amide bonds. The molecule has 0 atom stereocenters. The van der Waals surface area contributed by atoms with Crippen LogP contribution in [0.5, 0.6) is 0 Å². The van der Waals surface area contributed by atoms with Crippen LogP contribution in [0.1, 0.15) is 37.5 Å². The molecule has 0 aromatic heterocycles. The molecule has 0 aliphatic heterocycles. The van der Waals surface area contributed by atoms with Gasteiger partial charge in [-0.05, 0) is 37.5 Å². The predicted molar refractivity (Wildman–Crippen MR) is 105 cm³/mol. The Bertz CT molecular complexity index is 750. The fourth-order valence-corrected chi connectivity index (χ4v) is 3.27. The van der Waals surface area contributed by atoms with Gasteiger partial charge >= 0.3 is 5.97 Å². The molecule has 2 heteroatoms. The van der Waals surface area contributed by atoms with Crippen LogP contribution >= 0.6 is 0 Å². The average molecular weight is 344 g/mol. The van der Waals surface area contributed by atoms with Crippen molar-refractivity contribution in [2.75, 3.05) is 0 Å². The van der Waals surface area contributed by atoms with E-state index in [1.165, 1.54) is 0 Å². The Morgan fingerprint density at radius 1 is 0.615 bits per heavy atom. The van der Waals surface area contributed by atoms with E-state index in [4.69, 9.17) is 4.74 Å². The summed E-state index contributed by atoms with van der Waals surface area (Å²) < 4.78 is 5.93. The maximum atomic E-state index is 13.7. The Kier molecular flexibility index (Phi) is 4.94. The average Bonchev–Trinajstić information content (AvgIpc) is 2.64. The minimum atomic E-state index is -1.02. The summed E-state index contributed by atoms with van der Waals surface area (Å²) in [4.78, 5) is 13.7. The van der Waals surface area contributed by atoms with Crippen molar-refractivity contribution in [1.29, 1.82) is 0 Å². The molecule has 0 saturated heterocycles. The third-order valence-electron chi connectivity index (χ3n) is 4.33. The van der Waals surface area contributed by atoms with E-state index in [2.05, 4.69) is 0 Å². The molecule has 26 heavy (non-hydrogen) atoms. The van der Waals surface area contributed by atoms with E-state index in [0.29, 0.717) is 0 Å². The van der Waals surface area contributed by atoms with Gasteiger partial charge in [-0.15, -0.1) is 0 Å². The third-order valence-corrected chi connectivity index (χ3v) is 4.33. The number of benzene rings is 3. The van der Waals surface area contributed by atoms with Crippen molar-refractivity contribution in [3.8, 4) is 0 Å². The molecular weight excluding hydrogens is 320 g/mol. The highest BCUT2D eigenvalue weighted by atomic mass is 16.6. The Balaban J connectivity index is 2.34. The number of esters is 1. The van der Waals surface area contributed by atoms with Crippen LogP contribution in [0.15, 0.2) is 91.0 Å². The molecule has 0 bridgehead atoms. The lowest BCUT2D eigenvalue weighted by atomic mass is 9.69. The number of carbonyl (C=O) groups excluding carboxylic acids is 1. The van der Waals surface area contributed by atoms with E-state index in [1.54, 1.807) is 0 Å². The van der Waals surface area contributed by atoms with E-state index in [9.17, 15) is 4.79 Å². The van der Waals surface area contributed by atoms with Gasteiger partial charge in [0, 0.05) is 0 Å². The molecular formula is C24H24O2. The summed E-state index contributed by atoms with van der Waals surface area (Å²) in [6.45, 7) is 5.70. The Labute approximate surface area is 155 Å². The van der Waals surface area contributed by atoms with Crippen LogP contribution in [0.25, 0.3) is 0 Å². The van der Waals surface area contributed by atoms with E-state index in [0.717, 1.165) is 16.7 Å². The van der Waals surface area contributed by atoms with Crippen molar-refractivity contribution < 1.29 is 9.53 Å². The number of hydrogen-bond acceptors (Lipinski definition) is 2. The SMILES string of the molecule is CC(C)(C)OC(=O)C(c1ccccc1)(c1ccccc1)c1ccccc1. The molecule has 0 aliphatic rings. The minimum Gasteiger partial charge on any atom is -0.459 e. The summed E-state index contributed by atoms with van der Waals surface area (Å²) in [7, 11) is 0. The third kappa shape index (κ3) is 3.41. The first-order valence-corrected chi connectivity index (χ1v) is 8.84. The van der Waals surface area contributed by atoms with Crippen molar-refractivity contribution in [2.45, 2.75) is 31.8 Å². The molecule has 0 unspecified atom stereocenters. The molecule has 3 aromatic carbocycles. The fraction of sp³-hybridized carbons (Fsp3) is 0.208. The quantitative estimate of drug-likeness (QED) is 0.470. The molecule has 0 heterocycles. The number of hydrogen-bond donors (Lipinski definition) is 0. The van der Waals surface area contributed by atoms with Crippen molar-refractivity contribution in [2.24, 2.45) is 0 Å². The number of rotatable bonds is 4. The lowest BCUT2D eigenvalue weighted by molar-refractivity contribution is -0.158. The predicted octanol–water partition coefficient (Wildman–Crippen LogP) is 5.36. The van der Waals surface area contributed by atoms with Crippen molar-refractivity contribution in [3.63, 3.8) is 0 Å². The second-order valence-corrected chi connectivity index (χ2v) is 7.35. The summed E-state index contributed by atoms with van der Waals surface area (Å²) >= 11 is 0. The van der Waals surface area contributed by atoms with Gasteiger partial charge in [-0.25, -0.2) is 0 Å². The summed E-state index contributed by atoms with van der Waals surface area (Å²) in [6, 6.07) is 29.6. The smallest absolute Gasteiger partial charge is 0.326 e. The van der Waals surface area contributed by atoms with E-state index in [-0.39, 0.29) is 5.97 Å².